The van der Waals surface area contributed by atoms with Crippen LogP contribution in [0.5, 0.6) is 0 Å². The summed E-state index contributed by atoms with van der Waals surface area (Å²) in [4.78, 5) is 11.7. The number of rotatable bonds is 0. The summed E-state index contributed by atoms with van der Waals surface area (Å²) in [6, 6.07) is 7.85. The van der Waals surface area contributed by atoms with Gasteiger partial charge in [0.15, 0.2) is 0 Å². The van der Waals surface area contributed by atoms with Crippen molar-refractivity contribution >= 4 is 16.6 Å². The number of aromatic nitrogens is 1. The highest BCUT2D eigenvalue weighted by molar-refractivity contribution is 5.85. The molecule has 0 spiro atoms. The van der Waals surface area contributed by atoms with E-state index in [1.165, 1.54) is 5.56 Å². The molecule has 1 aromatic heterocycles. The minimum atomic E-state index is -0.0533. The number of nitrogen functional groups attached to an aromatic ring is 1. The Morgan fingerprint density at radius 2 is 2.21 bits per heavy atom. The molecule has 2 aromatic rings. The summed E-state index contributed by atoms with van der Waals surface area (Å²) in [6.45, 7) is 0.764. The molecule has 0 atom stereocenters. The predicted molar refractivity (Wildman–Crippen MR) is 56.3 cm³/mol. The number of para-hydroxylation sites is 1. The van der Waals surface area contributed by atoms with E-state index in [-0.39, 0.29) is 5.56 Å². The van der Waals surface area contributed by atoms with Crippen molar-refractivity contribution in [1.29, 1.82) is 0 Å². The fourth-order valence-electron chi connectivity index (χ4n) is 2.19. The summed E-state index contributed by atoms with van der Waals surface area (Å²) in [5.41, 5.74) is 8.25. The molecule has 0 bridgehead atoms. The molecule has 1 aromatic carbocycles. The highest BCUT2D eigenvalue weighted by Crippen LogP contribution is 2.24. The second-order valence-corrected chi connectivity index (χ2v) is 3.66. The second kappa shape index (κ2) is 2.38. The first-order chi connectivity index (χ1) is 6.77. The van der Waals surface area contributed by atoms with Crippen LogP contribution in [0, 0.1) is 0 Å². The largest absolute Gasteiger partial charge is 0.394 e. The van der Waals surface area contributed by atoms with E-state index in [2.05, 4.69) is 6.07 Å². The zero-order valence-electron chi connectivity index (χ0n) is 7.66. The number of aryl methyl sites for hydroxylation is 2. The molecule has 0 amide bonds. The lowest BCUT2D eigenvalue weighted by atomic mass is 10.1. The Balaban J connectivity index is 2.62. The Bertz CT molecular complexity index is 584. The van der Waals surface area contributed by atoms with Crippen molar-refractivity contribution in [3.8, 4) is 0 Å². The molecule has 0 saturated carbocycles. The molecule has 0 fully saturated rings. The van der Waals surface area contributed by atoms with Gasteiger partial charge in [-0.15, -0.1) is 0 Å². The van der Waals surface area contributed by atoms with Crippen LogP contribution in [0.2, 0.25) is 0 Å². The van der Waals surface area contributed by atoms with Crippen LogP contribution in [-0.4, -0.2) is 4.57 Å². The molecule has 14 heavy (non-hydrogen) atoms. The highest BCUT2D eigenvalue weighted by atomic mass is 16.1. The van der Waals surface area contributed by atoms with Crippen molar-refractivity contribution in [2.24, 2.45) is 0 Å². The molecule has 0 unspecified atom stereocenters. The fourth-order valence-corrected chi connectivity index (χ4v) is 2.19. The lowest BCUT2D eigenvalue weighted by Gasteiger charge is -2.04. The van der Waals surface area contributed by atoms with E-state index in [1.807, 2.05) is 12.1 Å². The average Bonchev–Trinajstić information content (AvgIpc) is 2.60. The Labute approximate surface area is 80.8 Å². The van der Waals surface area contributed by atoms with Crippen LogP contribution in [0.3, 0.4) is 0 Å². The van der Waals surface area contributed by atoms with Crippen LogP contribution in [-0.2, 0) is 13.0 Å². The zero-order chi connectivity index (χ0) is 9.71. The van der Waals surface area contributed by atoms with Gasteiger partial charge in [0, 0.05) is 11.9 Å². The van der Waals surface area contributed by atoms with E-state index in [4.69, 9.17) is 5.73 Å². The van der Waals surface area contributed by atoms with Gasteiger partial charge in [-0.05, 0) is 18.1 Å². The summed E-state index contributed by atoms with van der Waals surface area (Å²) in [5, 5.41) is 1.07. The van der Waals surface area contributed by atoms with Gasteiger partial charge in [-0.1, -0.05) is 18.2 Å². The molecule has 3 heteroatoms. The van der Waals surface area contributed by atoms with Gasteiger partial charge in [-0.3, -0.25) is 4.79 Å². The van der Waals surface area contributed by atoms with Crippen molar-refractivity contribution in [3.05, 3.63) is 40.2 Å². The minimum Gasteiger partial charge on any atom is -0.394 e. The normalized spacial score (nSPS) is 13.7. The van der Waals surface area contributed by atoms with Gasteiger partial charge in [0.2, 0.25) is 0 Å². The van der Waals surface area contributed by atoms with Crippen LogP contribution >= 0.6 is 0 Å². The molecule has 1 aliphatic heterocycles. The van der Waals surface area contributed by atoms with Gasteiger partial charge in [0.05, 0.1) is 11.2 Å². The van der Waals surface area contributed by atoms with Crippen LogP contribution in [0.4, 0.5) is 5.69 Å². The molecule has 3 rings (SSSR count). The van der Waals surface area contributed by atoms with Crippen LogP contribution in [0.15, 0.2) is 29.1 Å². The Hall–Kier alpha value is -1.77. The van der Waals surface area contributed by atoms with Crippen molar-refractivity contribution in [2.45, 2.75) is 13.0 Å². The monoisotopic (exact) mass is 186 g/mol. The highest BCUT2D eigenvalue weighted by Gasteiger charge is 2.15. The number of anilines is 1. The molecule has 3 nitrogen and oxygen atoms in total. The van der Waals surface area contributed by atoms with E-state index in [0.29, 0.717) is 5.69 Å². The van der Waals surface area contributed by atoms with Gasteiger partial charge >= 0.3 is 0 Å². The van der Waals surface area contributed by atoms with Crippen LogP contribution in [0.25, 0.3) is 10.9 Å². The summed E-state index contributed by atoms with van der Waals surface area (Å²) in [5.74, 6) is 0. The van der Waals surface area contributed by atoms with Gasteiger partial charge in [-0.2, -0.15) is 0 Å². The maximum atomic E-state index is 11.7. The molecule has 1 aliphatic rings. The predicted octanol–water partition coefficient (Wildman–Crippen LogP) is 1.14. The van der Waals surface area contributed by atoms with E-state index < -0.39 is 0 Å². The maximum Gasteiger partial charge on any atom is 0.274 e. The fraction of sp³-hybridized carbons (Fsp3) is 0.182. The van der Waals surface area contributed by atoms with Crippen LogP contribution in [0.1, 0.15) is 5.56 Å². The van der Waals surface area contributed by atoms with Gasteiger partial charge in [0.1, 0.15) is 0 Å². The molecular formula is C11H10N2O. The number of hydrogen-bond acceptors (Lipinski definition) is 2. The first-order valence-electron chi connectivity index (χ1n) is 4.68. The second-order valence-electron chi connectivity index (χ2n) is 3.66. The summed E-state index contributed by atoms with van der Waals surface area (Å²) in [6.07, 6.45) is 0.941. The molecule has 2 N–H and O–H groups in total. The van der Waals surface area contributed by atoms with Gasteiger partial charge in [0.25, 0.3) is 5.56 Å². The number of pyridine rings is 1. The topological polar surface area (TPSA) is 48.0 Å². The smallest absolute Gasteiger partial charge is 0.274 e. The number of benzene rings is 1. The SMILES string of the molecule is Nc1cc2cccc3c2n(c1=O)CC3. The maximum absolute atomic E-state index is 11.7. The lowest BCUT2D eigenvalue weighted by molar-refractivity contribution is 0.744. The Kier molecular flexibility index (Phi) is 1.29. The molecule has 2 heterocycles. The van der Waals surface area contributed by atoms with Gasteiger partial charge in [-0.25, -0.2) is 0 Å². The van der Waals surface area contributed by atoms with Crippen molar-refractivity contribution < 1.29 is 0 Å². The first-order valence-corrected chi connectivity index (χ1v) is 4.68. The van der Waals surface area contributed by atoms with Crippen molar-refractivity contribution in [2.75, 3.05) is 5.73 Å². The third kappa shape index (κ3) is 0.789. The Morgan fingerprint density at radius 1 is 1.36 bits per heavy atom. The zero-order valence-corrected chi connectivity index (χ0v) is 7.66. The third-order valence-electron chi connectivity index (χ3n) is 2.83. The van der Waals surface area contributed by atoms with E-state index >= 15 is 0 Å². The van der Waals surface area contributed by atoms with E-state index in [9.17, 15) is 4.79 Å². The van der Waals surface area contributed by atoms with E-state index in [1.54, 1.807) is 10.6 Å². The standard InChI is InChI=1S/C11H10N2O/c12-9-6-8-3-1-2-7-4-5-13(10(7)8)11(9)14/h1-3,6H,4-5,12H2. The van der Waals surface area contributed by atoms with E-state index in [0.717, 1.165) is 23.9 Å². The van der Waals surface area contributed by atoms with Crippen molar-refractivity contribution in [1.82, 2.24) is 4.57 Å². The quantitative estimate of drug-likeness (QED) is 0.670. The molecule has 0 saturated heterocycles. The summed E-state index contributed by atoms with van der Waals surface area (Å²) < 4.78 is 1.78. The molecule has 0 aliphatic carbocycles. The summed E-state index contributed by atoms with van der Waals surface area (Å²) in [7, 11) is 0. The average molecular weight is 186 g/mol. The minimum absolute atomic E-state index is 0.0533. The number of nitrogens with two attached hydrogens (primary N) is 1. The number of nitrogens with zero attached hydrogens (tertiary/aromatic N) is 1. The third-order valence-corrected chi connectivity index (χ3v) is 2.83. The summed E-state index contributed by atoms with van der Waals surface area (Å²) >= 11 is 0. The number of hydrogen-bond donors (Lipinski definition) is 1. The van der Waals surface area contributed by atoms with Crippen LogP contribution < -0.4 is 11.3 Å². The first kappa shape index (κ1) is 7.62. The Morgan fingerprint density at radius 3 is 3.07 bits per heavy atom. The molecule has 0 radical (unpaired) electrons. The van der Waals surface area contributed by atoms with Crippen molar-refractivity contribution in [3.63, 3.8) is 0 Å². The van der Waals surface area contributed by atoms with Gasteiger partial charge < -0.3 is 10.3 Å². The lowest BCUT2D eigenvalue weighted by Crippen LogP contribution is -2.20. The molecule has 70 valence electrons. The molecular weight excluding hydrogens is 176 g/mol.